The summed E-state index contributed by atoms with van der Waals surface area (Å²) >= 11 is 0. The summed E-state index contributed by atoms with van der Waals surface area (Å²) in [6, 6.07) is 7.83. The number of nitrogens with zero attached hydrogens (tertiary/aromatic N) is 1. The minimum absolute atomic E-state index is 0.0425. The monoisotopic (exact) mass is 218 g/mol. The zero-order valence-corrected chi connectivity index (χ0v) is 9.81. The molecule has 0 bridgehead atoms. The largest absolute Gasteiger partial charge is 0.320 e. The van der Waals surface area contributed by atoms with Crippen molar-refractivity contribution in [3.8, 4) is 0 Å². The van der Waals surface area contributed by atoms with Gasteiger partial charge in [-0.2, -0.15) is 0 Å². The molecule has 0 aliphatic carbocycles. The molecule has 3 heteroatoms. The molecule has 1 saturated heterocycles. The van der Waals surface area contributed by atoms with Gasteiger partial charge >= 0.3 is 0 Å². The molecular formula is C13H18N2O. The standard InChI is InChI=1S/C13H18N2O/c1-9(2)10-4-3-5-11(8-10)15-7-6-12(14)13(15)16/h3-5,8-9,12H,6-7,14H2,1-2H3. The van der Waals surface area contributed by atoms with E-state index in [4.69, 9.17) is 5.73 Å². The van der Waals surface area contributed by atoms with Gasteiger partial charge in [-0.25, -0.2) is 0 Å². The smallest absolute Gasteiger partial charge is 0.243 e. The first-order valence-electron chi connectivity index (χ1n) is 5.76. The highest BCUT2D eigenvalue weighted by Crippen LogP contribution is 2.24. The SMILES string of the molecule is CC(C)c1cccc(N2CCC(N)C2=O)c1. The fourth-order valence-corrected chi connectivity index (χ4v) is 2.01. The first kappa shape index (κ1) is 11.1. The highest BCUT2D eigenvalue weighted by molar-refractivity contribution is 5.99. The van der Waals surface area contributed by atoms with Crippen LogP contribution in [0.4, 0.5) is 5.69 Å². The van der Waals surface area contributed by atoms with Crippen LogP contribution < -0.4 is 10.6 Å². The number of carbonyl (C=O) groups excluding carboxylic acids is 1. The van der Waals surface area contributed by atoms with Crippen LogP contribution >= 0.6 is 0 Å². The average Bonchev–Trinajstić information content (AvgIpc) is 2.60. The summed E-state index contributed by atoms with van der Waals surface area (Å²) in [5.74, 6) is 0.521. The topological polar surface area (TPSA) is 46.3 Å². The lowest BCUT2D eigenvalue weighted by atomic mass is 10.0. The van der Waals surface area contributed by atoms with E-state index in [1.54, 1.807) is 4.90 Å². The molecule has 1 fully saturated rings. The maximum absolute atomic E-state index is 11.8. The minimum atomic E-state index is -0.317. The van der Waals surface area contributed by atoms with Crippen LogP contribution in [-0.4, -0.2) is 18.5 Å². The molecule has 1 aliphatic heterocycles. The summed E-state index contributed by atoms with van der Waals surface area (Å²) in [6.07, 6.45) is 0.755. The highest BCUT2D eigenvalue weighted by atomic mass is 16.2. The molecule has 1 unspecified atom stereocenters. The van der Waals surface area contributed by atoms with Gasteiger partial charge in [0.15, 0.2) is 0 Å². The van der Waals surface area contributed by atoms with Crippen molar-refractivity contribution >= 4 is 11.6 Å². The van der Waals surface area contributed by atoms with E-state index in [0.29, 0.717) is 5.92 Å². The van der Waals surface area contributed by atoms with Gasteiger partial charge in [0.2, 0.25) is 5.91 Å². The number of rotatable bonds is 2. The number of hydrogen-bond donors (Lipinski definition) is 1. The minimum Gasteiger partial charge on any atom is -0.320 e. The molecule has 2 rings (SSSR count). The molecule has 0 spiro atoms. The Morgan fingerprint density at radius 1 is 1.44 bits per heavy atom. The van der Waals surface area contributed by atoms with E-state index < -0.39 is 0 Å². The lowest BCUT2D eigenvalue weighted by Gasteiger charge is -2.17. The Labute approximate surface area is 96.2 Å². The fourth-order valence-electron chi connectivity index (χ4n) is 2.01. The van der Waals surface area contributed by atoms with Crippen LogP contribution in [0.2, 0.25) is 0 Å². The number of amides is 1. The molecule has 86 valence electrons. The predicted octanol–water partition coefficient (Wildman–Crippen LogP) is 1.87. The fraction of sp³-hybridized carbons (Fsp3) is 0.462. The van der Waals surface area contributed by atoms with Crippen LogP contribution in [0, 0.1) is 0 Å². The Kier molecular flexibility index (Phi) is 2.97. The van der Waals surface area contributed by atoms with Crippen LogP contribution in [0.25, 0.3) is 0 Å². The maximum atomic E-state index is 11.8. The van der Waals surface area contributed by atoms with Crippen LogP contribution in [0.1, 0.15) is 31.7 Å². The molecule has 1 atom stereocenters. The average molecular weight is 218 g/mol. The Morgan fingerprint density at radius 2 is 2.19 bits per heavy atom. The Hall–Kier alpha value is -1.35. The molecule has 1 aromatic carbocycles. The zero-order valence-electron chi connectivity index (χ0n) is 9.81. The first-order chi connectivity index (χ1) is 7.59. The van der Waals surface area contributed by atoms with Gasteiger partial charge in [0.1, 0.15) is 0 Å². The van der Waals surface area contributed by atoms with Crippen molar-refractivity contribution < 1.29 is 4.79 Å². The van der Waals surface area contributed by atoms with Crippen LogP contribution in [0.5, 0.6) is 0 Å². The van der Waals surface area contributed by atoms with E-state index in [9.17, 15) is 4.79 Å². The third-order valence-corrected chi connectivity index (χ3v) is 3.10. The maximum Gasteiger partial charge on any atom is 0.243 e. The van der Waals surface area contributed by atoms with Crippen LogP contribution in [0.15, 0.2) is 24.3 Å². The van der Waals surface area contributed by atoms with Gasteiger partial charge in [0, 0.05) is 12.2 Å². The zero-order chi connectivity index (χ0) is 11.7. The van der Waals surface area contributed by atoms with E-state index in [-0.39, 0.29) is 11.9 Å². The third-order valence-electron chi connectivity index (χ3n) is 3.10. The van der Waals surface area contributed by atoms with Crippen molar-refractivity contribution in [1.82, 2.24) is 0 Å². The summed E-state index contributed by atoms with van der Waals surface area (Å²) in [5.41, 5.74) is 7.94. The van der Waals surface area contributed by atoms with Crippen molar-refractivity contribution in [2.45, 2.75) is 32.2 Å². The third kappa shape index (κ3) is 1.95. The number of anilines is 1. The van der Waals surface area contributed by atoms with Crippen LogP contribution in [-0.2, 0) is 4.79 Å². The van der Waals surface area contributed by atoms with Gasteiger partial charge in [-0.05, 0) is 30.0 Å². The van der Waals surface area contributed by atoms with E-state index in [1.807, 2.05) is 12.1 Å². The molecule has 2 N–H and O–H groups in total. The second-order valence-corrected chi connectivity index (χ2v) is 4.63. The lowest BCUT2D eigenvalue weighted by molar-refractivity contribution is -0.118. The number of hydrogen-bond acceptors (Lipinski definition) is 2. The van der Waals surface area contributed by atoms with Gasteiger partial charge in [-0.3, -0.25) is 4.79 Å². The predicted molar refractivity (Wildman–Crippen MR) is 65.5 cm³/mol. The normalized spacial score (nSPS) is 20.9. The molecule has 1 amide bonds. The Balaban J connectivity index is 2.27. The van der Waals surface area contributed by atoms with Crippen molar-refractivity contribution in [2.75, 3.05) is 11.4 Å². The molecule has 1 heterocycles. The molecule has 0 aromatic heterocycles. The van der Waals surface area contributed by atoms with Gasteiger partial charge in [-0.15, -0.1) is 0 Å². The van der Waals surface area contributed by atoms with Gasteiger partial charge in [0.25, 0.3) is 0 Å². The summed E-state index contributed by atoms with van der Waals surface area (Å²) in [7, 11) is 0. The van der Waals surface area contributed by atoms with Crippen molar-refractivity contribution in [2.24, 2.45) is 5.73 Å². The first-order valence-corrected chi connectivity index (χ1v) is 5.76. The summed E-state index contributed by atoms with van der Waals surface area (Å²) in [5, 5.41) is 0. The molecule has 1 aliphatic rings. The quantitative estimate of drug-likeness (QED) is 0.823. The van der Waals surface area contributed by atoms with Crippen molar-refractivity contribution in [3.63, 3.8) is 0 Å². The molecular weight excluding hydrogens is 200 g/mol. The molecule has 0 radical (unpaired) electrons. The summed E-state index contributed by atoms with van der Waals surface area (Å²) in [4.78, 5) is 13.6. The van der Waals surface area contributed by atoms with Gasteiger partial charge < -0.3 is 10.6 Å². The molecule has 3 nitrogen and oxygen atoms in total. The summed E-state index contributed by atoms with van der Waals surface area (Å²) in [6.45, 7) is 5.04. The van der Waals surface area contributed by atoms with E-state index >= 15 is 0 Å². The number of benzene rings is 1. The second-order valence-electron chi connectivity index (χ2n) is 4.63. The van der Waals surface area contributed by atoms with E-state index in [1.165, 1.54) is 5.56 Å². The Bertz CT molecular complexity index is 401. The van der Waals surface area contributed by atoms with Crippen molar-refractivity contribution in [1.29, 1.82) is 0 Å². The molecule has 0 saturated carbocycles. The highest BCUT2D eigenvalue weighted by Gasteiger charge is 2.29. The van der Waals surface area contributed by atoms with E-state index in [2.05, 4.69) is 26.0 Å². The second kappa shape index (κ2) is 4.26. The molecule has 16 heavy (non-hydrogen) atoms. The number of nitrogens with two attached hydrogens (primary N) is 1. The van der Waals surface area contributed by atoms with Crippen molar-refractivity contribution in [3.05, 3.63) is 29.8 Å². The van der Waals surface area contributed by atoms with Gasteiger partial charge in [-0.1, -0.05) is 26.0 Å². The lowest BCUT2D eigenvalue weighted by Crippen LogP contribution is -2.33. The van der Waals surface area contributed by atoms with Crippen LogP contribution in [0.3, 0.4) is 0 Å². The Morgan fingerprint density at radius 3 is 2.75 bits per heavy atom. The number of carbonyl (C=O) groups is 1. The molecule has 1 aromatic rings. The van der Waals surface area contributed by atoms with E-state index in [0.717, 1.165) is 18.7 Å². The summed E-state index contributed by atoms with van der Waals surface area (Å²) < 4.78 is 0. The van der Waals surface area contributed by atoms with Gasteiger partial charge in [0.05, 0.1) is 6.04 Å².